The van der Waals surface area contributed by atoms with Crippen LogP contribution in [0.25, 0.3) is 0 Å². The third kappa shape index (κ3) is 4.50. The highest BCUT2D eigenvalue weighted by atomic mass is 16.5. The highest BCUT2D eigenvalue weighted by molar-refractivity contribution is 5.48. The topological polar surface area (TPSA) is 129 Å². The summed E-state index contributed by atoms with van der Waals surface area (Å²) >= 11 is 0. The summed E-state index contributed by atoms with van der Waals surface area (Å²) in [6.07, 6.45) is -2.16. The molecule has 5 N–H and O–H groups in total. The first-order valence-corrected chi connectivity index (χ1v) is 12.3. The third-order valence-electron chi connectivity index (χ3n) is 6.94. The normalized spacial score (nSPS) is 21.9. The largest absolute Gasteiger partial charge is 0.508 e. The molecule has 0 spiro atoms. The van der Waals surface area contributed by atoms with Crippen molar-refractivity contribution in [1.82, 2.24) is 0 Å². The molecule has 38 heavy (non-hydrogen) atoms. The summed E-state index contributed by atoms with van der Waals surface area (Å²) in [4.78, 5) is 0. The fourth-order valence-electron chi connectivity index (χ4n) is 5.11. The molecule has 2 heterocycles. The molecule has 8 heteroatoms. The molecule has 4 aromatic rings. The Bertz CT molecular complexity index is 1480. The van der Waals surface area contributed by atoms with Gasteiger partial charge in [0.25, 0.3) is 0 Å². The number of phenols is 4. The molecule has 0 saturated heterocycles. The van der Waals surface area contributed by atoms with E-state index >= 15 is 0 Å². The zero-order valence-electron chi connectivity index (χ0n) is 20.2. The summed E-state index contributed by atoms with van der Waals surface area (Å²) in [7, 11) is 0. The first-order valence-electron chi connectivity index (χ1n) is 12.3. The second-order valence-electron chi connectivity index (χ2n) is 9.61. The van der Waals surface area contributed by atoms with Gasteiger partial charge in [-0.05, 0) is 53.6 Å². The molecular weight excluding hydrogens is 488 g/mol. The van der Waals surface area contributed by atoms with Gasteiger partial charge in [-0.15, -0.1) is 0 Å². The Balaban J connectivity index is 1.32. The average Bonchev–Trinajstić information content (AvgIpc) is 2.89. The minimum Gasteiger partial charge on any atom is -0.508 e. The quantitative estimate of drug-likeness (QED) is 0.266. The van der Waals surface area contributed by atoms with Gasteiger partial charge in [-0.2, -0.15) is 0 Å². The molecule has 8 nitrogen and oxygen atoms in total. The van der Waals surface area contributed by atoms with Crippen LogP contribution >= 0.6 is 0 Å². The van der Waals surface area contributed by atoms with Gasteiger partial charge in [-0.1, -0.05) is 24.3 Å². The molecule has 0 saturated carbocycles. The fourth-order valence-corrected chi connectivity index (χ4v) is 5.11. The summed E-state index contributed by atoms with van der Waals surface area (Å²) in [6, 6.07) is 21.2. The summed E-state index contributed by atoms with van der Waals surface area (Å²) in [5, 5.41) is 51.2. The molecule has 0 radical (unpaired) electrons. The lowest BCUT2D eigenvalue weighted by Crippen LogP contribution is -2.35. The van der Waals surface area contributed by atoms with Crippen molar-refractivity contribution in [2.24, 2.45) is 0 Å². The van der Waals surface area contributed by atoms with Crippen LogP contribution in [0.3, 0.4) is 0 Å². The van der Waals surface area contributed by atoms with Gasteiger partial charge in [0.15, 0.2) is 12.2 Å². The number of hydrogen-bond acceptors (Lipinski definition) is 8. The maximum Gasteiger partial charge on any atom is 0.161 e. The van der Waals surface area contributed by atoms with Crippen LogP contribution in [0.4, 0.5) is 0 Å². The van der Waals surface area contributed by atoms with Crippen LogP contribution < -0.4 is 14.2 Å². The first-order chi connectivity index (χ1) is 18.3. The molecule has 0 aromatic heterocycles. The lowest BCUT2D eigenvalue weighted by Gasteiger charge is -2.35. The fraction of sp³-hybridized carbons (Fsp3) is 0.200. The van der Waals surface area contributed by atoms with Gasteiger partial charge in [-0.25, -0.2) is 0 Å². The Morgan fingerprint density at radius 2 is 1.42 bits per heavy atom. The number of ether oxygens (including phenoxy) is 3. The van der Waals surface area contributed by atoms with Crippen LogP contribution in [0, 0.1) is 0 Å². The van der Waals surface area contributed by atoms with E-state index in [1.54, 1.807) is 66.7 Å². The van der Waals surface area contributed by atoms with Gasteiger partial charge in [0.1, 0.15) is 46.4 Å². The van der Waals surface area contributed by atoms with Crippen LogP contribution in [-0.4, -0.2) is 37.7 Å². The van der Waals surface area contributed by atoms with Crippen molar-refractivity contribution in [1.29, 1.82) is 0 Å². The molecule has 2 aliphatic heterocycles. The lowest BCUT2D eigenvalue weighted by atomic mass is 9.93. The van der Waals surface area contributed by atoms with Crippen LogP contribution in [0.1, 0.15) is 34.5 Å². The molecule has 0 bridgehead atoms. The van der Waals surface area contributed by atoms with Crippen molar-refractivity contribution >= 4 is 0 Å². The predicted molar refractivity (Wildman–Crippen MR) is 137 cm³/mol. The average molecular weight is 515 g/mol. The van der Waals surface area contributed by atoms with Crippen molar-refractivity contribution in [3.8, 4) is 40.2 Å². The van der Waals surface area contributed by atoms with E-state index in [4.69, 9.17) is 14.2 Å². The third-order valence-corrected chi connectivity index (χ3v) is 6.94. The number of aliphatic hydroxyl groups excluding tert-OH is 1. The maximum atomic E-state index is 10.8. The molecule has 0 aliphatic carbocycles. The number of aromatic hydroxyl groups is 4. The van der Waals surface area contributed by atoms with Crippen molar-refractivity contribution in [3.63, 3.8) is 0 Å². The molecule has 2 aliphatic rings. The standard InChI is InChI=1S/C30H26O8/c31-19-7-4-16(5-8-19)30-28(12-17-6-9-20(32)14-27(17)38-30)36-22-11-18(10-21(33)13-22)29-25(35)15-23-24(34)2-1-3-26(23)37-29/h1-11,13-14,25,28-35H,12,15H2. The number of benzene rings is 4. The molecule has 6 rings (SSSR count). The first kappa shape index (κ1) is 23.8. The Morgan fingerprint density at radius 3 is 2.24 bits per heavy atom. The van der Waals surface area contributed by atoms with Gasteiger partial charge in [-0.3, -0.25) is 0 Å². The highest BCUT2D eigenvalue weighted by Crippen LogP contribution is 2.42. The molecule has 4 aromatic carbocycles. The van der Waals surface area contributed by atoms with Gasteiger partial charge in [0.05, 0.1) is 6.10 Å². The SMILES string of the molecule is Oc1ccc(C2Oc3cc(O)ccc3CC2Oc2cc(O)cc(C3Oc4cccc(O)c4CC3O)c2)cc1. The molecular formula is C30H26O8. The molecule has 4 unspecified atom stereocenters. The lowest BCUT2D eigenvalue weighted by molar-refractivity contribution is 0.0189. The minimum absolute atomic E-state index is 0.0572. The zero-order valence-corrected chi connectivity index (χ0v) is 20.2. The highest BCUT2D eigenvalue weighted by Gasteiger charge is 2.35. The summed E-state index contributed by atoms with van der Waals surface area (Å²) in [5.74, 6) is 1.59. The van der Waals surface area contributed by atoms with E-state index in [1.165, 1.54) is 12.1 Å². The summed E-state index contributed by atoms with van der Waals surface area (Å²) < 4.78 is 18.7. The summed E-state index contributed by atoms with van der Waals surface area (Å²) in [6.45, 7) is 0. The number of hydrogen-bond donors (Lipinski definition) is 5. The monoisotopic (exact) mass is 514 g/mol. The Hall–Kier alpha value is -4.56. The van der Waals surface area contributed by atoms with Crippen LogP contribution in [0.5, 0.6) is 40.2 Å². The van der Waals surface area contributed by atoms with Crippen LogP contribution in [0.15, 0.2) is 78.9 Å². The van der Waals surface area contributed by atoms with Gasteiger partial charge >= 0.3 is 0 Å². The summed E-state index contributed by atoms with van der Waals surface area (Å²) in [5.41, 5.74) is 2.67. The second kappa shape index (κ2) is 9.39. The second-order valence-corrected chi connectivity index (χ2v) is 9.61. The zero-order chi connectivity index (χ0) is 26.4. The molecule has 194 valence electrons. The van der Waals surface area contributed by atoms with E-state index in [-0.39, 0.29) is 29.4 Å². The van der Waals surface area contributed by atoms with E-state index in [2.05, 4.69) is 0 Å². The van der Waals surface area contributed by atoms with Crippen molar-refractivity contribution < 1.29 is 39.7 Å². The number of aliphatic hydroxyl groups is 1. The van der Waals surface area contributed by atoms with E-state index in [9.17, 15) is 25.5 Å². The Kier molecular flexibility index (Phi) is 5.88. The van der Waals surface area contributed by atoms with E-state index < -0.39 is 24.4 Å². The predicted octanol–water partition coefficient (Wildman–Crippen LogP) is 4.67. The van der Waals surface area contributed by atoms with Crippen molar-refractivity contribution in [3.05, 3.63) is 101 Å². The van der Waals surface area contributed by atoms with Crippen molar-refractivity contribution in [2.45, 2.75) is 37.3 Å². The van der Waals surface area contributed by atoms with Crippen LogP contribution in [-0.2, 0) is 12.8 Å². The van der Waals surface area contributed by atoms with Gasteiger partial charge in [0.2, 0.25) is 0 Å². The van der Waals surface area contributed by atoms with Crippen LogP contribution in [0.2, 0.25) is 0 Å². The molecule has 0 amide bonds. The van der Waals surface area contributed by atoms with Crippen molar-refractivity contribution in [2.75, 3.05) is 0 Å². The van der Waals surface area contributed by atoms with Gasteiger partial charge in [0, 0.05) is 36.1 Å². The number of fused-ring (bicyclic) bond motifs is 2. The van der Waals surface area contributed by atoms with E-state index in [1.807, 2.05) is 0 Å². The smallest absolute Gasteiger partial charge is 0.161 e. The molecule has 4 atom stereocenters. The van der Waals surface area contributed by atoms with E-state index in [0.717, 1.165) is 11.1 Å². The Morgan fingerprint density at radius 1 is 0.658 bits per heavy atom. The minimum atomic E-state index is -0.951. The molecule has 0 fully saturated rings. The van der Waals surface area contributed by atoms with E-state index in [0.29, 0.717) is 34.8 Å². The maximum absolute atomic E-state index is 10.8. The number of phenolic OH excluding ortho intramolecular Hbond substituents is 4. The Labute approximate surface area is 218 Å². The number of rotatable bonds is 4. The van der Waals surface area contributed by atoms with Gasteiger partial charge < -0.3 is 39.7 Å².